The number of benzene rings is 2. The fraction of sp³-hybridized carbons (Fsp3) is 0.360. The third-order valence-electron chi connectivity index (χ3n) is 5.80. The van der Waals surface area contributed by atoms with Crippen LogP contribution in [0.25, 0.3) is 11.4 Å². The molecule has 178 valence electrons. The van der Waals surface area contributed by atoms with Crippen LogP contribution in [0.2, 0.25) is 0 Å². The number of nitrogens with zero attached hydrogens (tertiary/aromatic N) is 3. The fourth-order valence-electron chi connectivity index (χ4n) is 4.02. The van der Waals surface area contributed by atoms with Gasteiger partial charge in [0.05, 0.1) is 24.6 Å². The first-order chi connectivity index (χ1) is 16.4. The number of hydrogen-bond acceptors (Lipinski definition) is 7. The van der Waals surface area contributed by atoms with E-state index in [4.69, 9.17) is 9.26 Å². The van der Waals surface area contributed by atoms with Crippen LogP contribution in [0.4, 0.5) is 5.69 Å². The summed E-state index contributed by atoms with van der Waals surface area (Å²) in [7, 11) is 0. The van der Waals surface area contributed by atoms with Crippen molar-refractivity contribution in [1.29, 1.82) is 0 Å². The second-order valence-corrected chi connectivity index (χ2v) is 9.25. The Morgan fingerprint density at radius 2 is 2.03 bits per heavy atom. The smallest absolute Gasteiger partial charge is 0.338 e. The number of likely N-dealkylation sites (tertiary alicyclic amines) is 1. The van der Waals surface area contributed by atoms with Gasteiger partial charge in [-0.1, -0.05) is 21.1 Å². The van der Waals surface area contributed by atoms with E-state index in [1.807, 2.05) is 31.2 Å². The van der Waals surface area contributed by atoms with Gasteiger partial charge in [0.1, 0.15) is 0 Å². The average molecular weight is 527 g/mol. The van der Waals surface area contributed by atoms with Crippen molar-refractivity contribution in [2.24, 2.45) is 5.92 Å². The van der Waals surface area contributed by atoms with Gasteiger partial charge in [-0.25, -0.2) is 4.79 Å². The number of esters is 1. The SMILES string of the molecule is CCOC(=O)c1ccc(NC(=O)C2CCCN(Cc3nc(-c4ccc(Br)cc4)no3)C2)c(C)c1. The van der Waals surface area contributed by atoms with Crippen LogP contribution in [-0.2, 0) is 16.1 Å². The summed E-state index contributed by atoms with van der Waals surface area (Å²) in [5, 5.41) is 7.11. The predicted octanol–water partition coefficient (Wildman–Crippen LogP) is 4.83. The summed E-state index contributed by atoms with van der Waals surface area (Å²) in [5.74, 6) is 0.542. The third-order valence-corrected chi connectivity index (χ3v) is 6.33. The maximum atomic E-state index is 13.0. The number of aryl methyl sites for hydroxylation is 1. The van der Waals surface area contributed by atoms with Crippen LogP contribution in [0.1, 0.15) is 41.6 Å². The highest BCUT2D eigenvalue weighted by Gasteiger charge is 2.27. The van der Waals surface area contributed by atoms with E-state index in [0.29, 0.717) is 42.7 Å². The number of carbonyl (C=O) groups is 2. The number of hydrogen-bond donors (Lipinski definition) is 1. The van der Waals surface area contributed by atoms with E-state index in [0.717, 1.165) is 35.0 Å². The van der Waals surface area contributed by atoms with Crippen molar-refractivity contribution in [1.82, 2.24) is 15.0 Å². The van der Waals surface area contributed by atoms with Crippen LogP contribution in [0.5, 0.6) is 0 Å². The zero-order valence-electron chi connectivity index (χ0n) is 19.2. The minimum absolute atomic E-state index is 0.0298. The molecule has 8 nitrogen and oxygen atoms in total. The topological polar surface area (TPSA) is 97.6 Å². The van der Waals surface area contributed by atoms with E-state index in [9.17, 15) is 9.59 Å². The van der Waals surface area contributed by atoms with E-state index in [2.05, 4.69) is 36.3 Å². The van der Waals surface area contributed by atoms with Crippen molar-refractivity contribution in [3.8, 4) is 11.4 Å². The lowest BCUT2D eigenvalue weighted by atomic mass is 9.96. The molecule has 0 saturated carbocycles. The Kier molecular flexibility index (Phi) is 7.74. The first kappa shape index (κ1) is 24.1. The molecule has 1 fully saturated rings. The van der Waals surface area contributed by atoms with Crippen molar-refractivity contribution >= 4 is 33.5 Å². The van der Waals surface area contributed by atoms with E-state index in [1.54, 1.807) is 25.1 Å². The van der Waals surface area contributed by atoms with Crippen LogP contribution in [0.15, 0.2) is 51.5 Å². The van der Waals surface area contributed by atoms with Gasteiger partial charge in [0.15, 0.2) is 0 Å². The lowest BCUT2D eigenvalue weighted by molar-refractivity contribution is -0.121. The van der Waals surface area contributed by atoms with Crippen LogP contribution in [0, 0.1) is 12.8 Å². The molecule has 1 atom stereocenters. The number of amides is 1. The molecule has 34 heavy (non-hydrogen) atoms. The largest absolute Gasteiger partial charge is 0.462 e. The Morgan fingerprint density at radius 3 is 2.76 bits per heavy atom. The van der Waals surface area contributed by atoms with E-state index in [1.165, 1.54) is 0 Å². The summed E-state index contributed by atoms with van der Waals surface area (Å²) in [6.45, 7) is 5.94. The van der Waals surface area contributed by atoms with Gasteiger partial charge in [-0.15, -0.1) is 0 Å². The van der Waals surface area contributed by atoms with E-state index in [-0.39, 0.29) is 17.8 Å². The average Bonchev–Trinajstić information content (AvgIpc) is 3.29. The van der Waals surface area contributed by atoms with Crippen LogP contribution in [-0.4, -0.2) is 46.6 Å². The highest BCUT2D eigenvalue weighted by atomic mass is 79.9. The van der Waals surface area contributed by atoms with E-state index < -0.39 is 0 Å². The Hall–Kier alpha value is -3.04. The molecule has 1 aromatic heterocycles. The van der Waals surface area contributed by atoms with Gasteiger partial charge in [-0.05, 0) is 81.3 Å². The number of halogens is 1. The fourth-order valence-corrected chi connectivity index (χ4v) is 4.28. The summed E-state index contributed by atoms with van der Waals surface area (Å²) in [6.07, 6.45) is 1.73. The van der Waals surface area contributed by atoms with Crippen molar-refractivity contribution in [2.45, 2.75) is 33.2 Å². The maximum Gasteiger partial charge on any atom is 0.338 e. The Morgan fingerprint density at radius 1 is 1.24 bits per heavy atom. The normalized spacial score (nSPS) is 16.3. The van der Waals surface area contributed by atoms with Crippen LogP contribution >= 0.6 is 15.9 Å². The third kappa shape index (κ3) is 5.90. The quantitative estimate of drug-likeness (QED) is 0.440. The Bertz CT molecular complexity index is 1160. The second-order valence-electron chi connectivity index (χ2n) is 8.33. The van der Waals surface area contributed by atoms with Crippen molar-refractivity contribution in [3.05, 3.63) is 64.0 Å². The van der Waals surface area contributed by atoms with Crippen LogP contribution < -0.4 is 5.32 Å². The number of piperidine rings is 1. The van der Waals surface area contributed by atoms with Crippen molar-refractivity contribution in [3.63, 3.8) is 0 Å². The number of ether oxygens (including phenoxy) is 1. The summed E-state index contributed by atoms with van der Waals surface area (Å²) < 4.78 is 11.5. The van der Waals surface area contributed by atoms with Gasteiger partial charge in [-0.2, -0.15) is 4.98 Å². The van der Waals surface area contributed by atoms with Crippen molar-refractivity contribution in [2.75, 3.05) is 25.0 Å². The number of rotatable bonds is 7. The molecule has 1 amide bonds. The molecule has 2 heterocycles. The molecule has 0 aliphatic carbocycles. The van der Waals surface area contributed by atoms with Gasteiger partial charge in [0.25, 0.3) is 0 Å². The number of carbonyl (C=O) groups excluding carboxylic acids is 2. The first-order valence-electron chi connectivity index (χ1n) is 11.3. The highest BCUT2D eigenvalue weighted by molar-refractivity contribution is 9.10. The minimum atomic E-state index is -0.365. The molecule has 0 spiro atoms. The number of anilines is 1. The summed E-state index contributed by atoms with van der Waals surface area (Å²) in [6, 6.07) is 12.9. The van der Waals surface area contributed by atoms with Crippen molar-refractivity contribution < 1.29 is 18.8 Å². The van der Waals surface area contributed by atoms with E-state index >= 15 is 0 Å². The molecular formula is C25H27BrN4O4. The summed E-state index contributed by atoms with van der Waals surface area (Å²) in [4.78, 5) is 31.6. The Balaban J connectivity index is 1.35. The molecule has 9 heteroatoms. The molecule has 1 N–H and O–H groups in total. The molecule has 2 aromatic carbocycles. The van der Waals surface area contributed by atoms with Gasteiger partial charge in [-0.3, -0.25) is 9.69 Å². The lowest BCUT2D eigenvalue weighted by Crippen LogP contribution is -2.40. The van der Waals surface area contributed by atoms with Gasteiger partial charge in [0, 0.05) is 22.3 Å². The predicted molar refractivity (Wildman–Crippen MR) is 131 cm³/mol. The summed E-state index contributed by atoms with van der Waals surface area (Å²) >= 11 is 3.42. The second kappa shape index (κ2) is 10.9. The maximum absolute atomic E-state index is 13.0. The first-order valence-corrected chi connectivity index (χ1v) is 12.1. The standard InChI is InChI=1S/C25H27BrN4O4/c1-3-33-25(32)18-8-11-21(16(2)13-18)27-24(31)19-5-4-12-30(14-19)15-22-28-23(29-34-22)17-6-9-20(26)10-7-17/h6-11,13,19H,3-5,12,14-15H2,1-2H3,(H,27,31). The minimum Gasteiger partial charge on any atom is -0.462 e. The molecular weight excluding hydrogens is 500 g/mol. The molecule has 1 saturated heterocycles. The number of aromatic nitrogens is 2. The number of nitrogens with one attached hydrogen (secondary N) is 1. The summed E-state index contributed by atoms with van der Waals surface area (Å²) in [5.41, 5.74) is 2.88. The molecule has 1 aliphatic rings. The van der Waals surface area contributed by atoms with Gasteiger partial charge in [0.2, 0.25) is 17.6 Å². The molecule has 1 aliphatic heterocycles. The zero-order valence-corrected chi connectivity index (χ0v) is 20.8. The highest BCUT2D eigenvalue weighted by Crippen LogP contribution is 2.24. The monoisotopic (exact) mass is 526 g/mol. The molecule has 4 rings (SSSR count). The molecule has 3 aromatic rings. The lowest BCUT2D eigenvalue weighted by Gasteiger charge is -2.31. The molecule has 0 radical (unpaired) electrons. The molecule has 0 bridgehead atoms. The van der Waals surface area contributed by atoms with Gasteiger partial charge < -0.3 is 14.6 Å². The molecule has 1 unspecified atom stereocenters. The van der Waals surface area contributed by atoms with Crippen LogP contribution in [0.3, 0.4) is 0 Å². The zero-order chi connectivity index (χ0) is 24.1. The van der Waals surface area contributed by atoms with Gasteiger partial charge >= 0.3 is 5.97 Å². The Labute approximate surface area is 206 Å².